The minimum atomic E-state index is -4.29. The van der Waals surface area contributed by atoms with Crippen LogP contribution in [0.15, 0.2) is 79.4 Å². The van der Waals surface area contributed by atoms with Crippen LogP contribution < -0.4 is 0 Å². The Morgan fingerprint density at radius 1 is 0.558 bits per heavy atom. The van der Waals surface area contributed by atoms with Crippen LogP contribution in [-0.2, 0) is 6.18 Å². The fourth-order valence-electron chi connectivity index (χ4n) is 3.33. The first-order chi connectivity index (χ1) is 20.0. The van der Waals surface area contributed by atoms with Gasteiger partial charge in [-0.25, -0.2) is 13.2 Å². The molecule has 3 heterocycles. The van der Waals surface area contributed by atoms with Gasteiger partial charge in [0.1, 0.15) is 5.82 Å². The number of nitrogens with zero attached hydrogens (tertiary/aromatic N) is 3. The molecule has 9 heteroatoms. The maximum atomic E-state index is 12.9. The van der Waals surface area contributed by atoms with E-state index >= 15 is 0 Å². The third-order valence-electron chi connectivity index (χ3n) is 6.00. The predicted octanol–water partition coefficient (Wildman–Crippen LogP) is 10.9. The van der Waals surface area contributed by atoms with Crippen LogP contribution in [0.2, 0.25) is 0 Å². The van der Waals surface area contributed by atoms with Crippen LogP contribution in [0.5, 0.6) is 0 Å². The van der Waals surface area contributed by atoms with E-state index in [-0.39, 0.29) is 17.4 Å². The Balaban J connectivity index is 0.000000290. The molecular weight excluding hydrogens is 564 g/mol. The summed E-state index contributed by atoms with van der Waals surface area (Å²) in [5, 5.41) is 0. The van der Waals surface area contributed by atoms with Crippen molar-refractivity contribution in [1.29, 1.82) is 0 Å². The summed E-state index contributed by atoms with van der Waals surface area (Å²) >= 11 is 0. The highest BCUT2D eigenvalue weighted by Gasteiger charge is 2.30. The van der Waals surface area contributed by atoms with Crippen molar-refractivity contribution in [1.82, 2.24) is 15.0 Å². The van der Waals surface area contributed by atoms with Gasteiger partial charge in [0.05, 0.1) is 5.56 Å². The molecule has 1 aromatic carbocycles. The molecule has 0 unspecified atom stereocenters. The minimum Gasteiger partial charge on any atom is -0.264 e. The summed E-state index contributed by atoms with van der Waals surface area (Å²) in [7, 11) is 0. The molecule has 0 fully saturated rings. The minimum absolute atomic E-state index is 0.139. The molecule has 43 heavy (non-hydrogen) atoms. The van der Waals surface area contributed by atoms with E-state index in [0.29, 0.717) is 23.6 Å². The fourth-order valence-corrected chi connectivity index (χ4v) is 3.33. The summed E-state index contributed by atoms with van der Waals surface area (Å²) in [6.45, 7) is 15.8. The second kappa shape index (κ2) is 18.0. The number of alkyl halides is 3. The molecule has 0 aliphatic rings. The number of rotatable bonds is 4. The van der Waals surface area contributed by atoms with Crippen molar-refractivity contribution in [2.45, 2.75) is 85.2 Å². The molecule has 3 nitrogen and oxygen atoms in total. The molecule has 4 aromatic rings. The van der Waals surface area contributed by atoms with Crippen molar-refractivity contribution >= 4 is 0 Å². The van der Waals surface area contributed by atoms with Gasteiger partial charge in [0, 0.05) is 42.2 Å². The summed E-state index contributed by atoms with van der Waals surface area (Å²) in [4.78, 5) is 11.9. The number of hydrogen-bond acceptors (Lipinski definition) is 3. The molecule has 0 bridgehead atoms. The molecule has 0 aliphatic heterocycles. The fraction of sp³-hybridized carbons (Fsp3) is 0.382. The molecule has 0 amide bonds. The Hall–Kier alpha value is -3.75. The average Bonchev–Trinajstić information content (AvgIpc) is 2.96. The Bertz CT molecular complexity index is 1280. The quantitative estimate of drug-likeness (QED) is 0.172. The number of halogens is 6. The summed E-state index contributed by atoms with van der Waals surface area (Å²) in [6, 6.07) is 14.0. The molecule has 0 aliphatic carbocycles. The first kappa shape index (κ1) is 37.3. The largest absolute Gasteiger partial charge is 0.417 e. The monoisotopic (exact) mass is 605 g/mol. The van der Waals surface area contributed by atoms with Gasteiger partial charge in [-0.3, -0.25) is 15.0 Å². The molecule has 234 valence electrons. The van der Waals surface area contributed by atoms with E-state index in [9.17, 15) is 26.3 Å². The SMILES string of the molecule is CC(C)c1cc(F)c(F)cc1F.CC(C)c1ccc(C(F)(F)F)cn1.CC(C)c1ccccn1.CC(C)c1cccnc1. The van der Waals surface area contributed by atoms with E-state index < -0.39 is 29.2 Å². The van der Waals surface area contributed by atoms with Crippen molar-refractivity contribution in [2.75, 3.05) is 0 Å². The van der Waals surface area contributed by atoms with Crippen molar-refractivity contribution in [3.8, 4) is 0 Å². The van der Waals surface area contributed by atoms with Crippen LogP contribution in [-0.4, -0.2) is 15.0 Å². The highest BCUT2D eigenvalue weighted by atomic mass is 19.4. The molecular formula is C34H41F6N3. The van der Waals surface area contributed by atoms with E-state index in [1.54, 1.807) is 20.0 Å². The van der Waals surface area contributed by atoms with Crippen molar-refractivity contribution in [3.63, 3.8) is 0 Å². The zero-order valence-corrected chi connectivity index (χ0v) is 25.9. The van der Waals surface area contributed by atoms with E-state index in [2.05, 4.69) is 48.7 Å². The highest BCUT2D eigenvalue weighted by Crippen LogP contribution is 2.29. The lowest BCUT2D eigenvalue weighted by molar-refractivity contribution is -0.137. The summed E-state index contributed by atoms with van der Waals surface area (Å²) in [5.41, 5.74) is 2.65. The zero-order valence-electron chi connectivity index (χ0n) is 25.9. The van der Waals surface area contributed by atoms with Gasteiger partial charge in [-0.2, -0.15) is 13.2 Å². The van der Waals surface area contributed by atoms with Gasteiger partial charge < -0.3 is 0 Å². The first-order valence-corrected chi connectivity index (χ1v) is 14.0. The van der Waals surface area contributed by atoms with E-state index in [1.807, 2.05) is 50.5 Å². The van der Waals surface area contributed by atoms with Gasteiger partial charge >= 0.3 is 6.18 Å². The van der Waals surface area contributed by atoms with Crippen molar-refractivity contribution < 1.29 is 26.3 Å². The first-order valence-electron chi connectivity index (χ1n) is 14.0. The van der Waals surface area contributed by atoms with Crippen molar-refractivity contribution in [3.05, 3.63) is 125 Å². The summed E-state index contributed by atoms with van der Waals surface area (Å²) < 4.78 is 74.1. The number of pyridine rings is 3. The van der Waals surface area contributed by atoms with E-state index in [4.69, 9.17) is 0 Å². The average molecular weight is 606 g/mol. The number of benzene rings is 1. The molecule has 0 spiro atoms. The van der Waals surface area contributed by atoms with Gasteiger partial charge in [-0.1, -0.05) is 67.5 Å². The molecule has 0 saturated heterocycles. The Labute approximate surface area is 251 Å². The summed E-state index contributed by atoms with van der Waals surface area (Å²) in [6.07, 6.45) is 2.11. The van der Waals surface area contributed by atoms with Gasteiger partial charge in [0.2, 0.25) is 0 Å². The van der Waals surface area contributed by atoms with Crippen LogP contribution >= 0.6 is 0 Å². The van der Waals surface area contributed by atoms with Crippen LogP contribution in [0.4, 0.5) is 26.3 Å². The molecule has 4 rings (SSSR count). The van der Waals surface area contributed by atoms with E-state index in [0.717, 1.165) is 24.0 Å². The summed E-state index contributed by atoms with van der Waals surface area (Å²) in [5.74, 6) is -1.67. The highest BCUT2D eigenvalue weighted by molar-refractivity contribution is 5.23. The Kier molecular flexibility index (Phi) is 15.6. The topological polar surface area (TPSA) is 38.7 Å². The zero-order chi connectivity index (χ0) is 32.7. The third-order valence-corrected chi connectivity index (χ3v) is 6.00. The van der Waals surface area contributed by atoms with Crippen LogP contribution in [0.25, 0.3) is 0 Å². The molecule has 0 radical (unpaired) electrons. The predicted molar refractivity (Wildman–Crippen MR) is 160 cm³/mol. The van der Waals surface area contributed by atoms with Crippen LogP contribution in [0, 0.1) is 17.5 Å². The molecule has 0 saturated carbocycles. The number of hydrogen-bond donors (Lipinski definition) is 0. The van der Waals surface area contributed by atoms with Gasteiger partial charge in [-0.05, 0) is 71.2 Å². The maximum absolute atomic E-state index is 12.9. The lowest BCUT2D eigenvalue weighted by Gasteiger charge is -2.08. The normalized spacial score (nSPS) is 10.9. The van der Waals surface area contributed by atoms with Crippen molar-refractivity contribution in [2.24, 2.45) is 0 Å². The van der Waals surface area contributed by atoms with Crippen LogP contribution in [0.1, 0.15) is 107 Å². The van der Waals surface area contributed by atoms with Crippen LogP contribution in [0.3, 0.4) is 0 Å². The lowest BCUT2D eigenvalue weighted by atomic mass is 10.0. The van der Waals surface area contributed by atoms with Gasteiger partial charge in [0.25, 0.3) is 0 Å². The third kappa shape index (κ3) is 13.8. The molecule has 0 atom stereocenters. The number of aromatic nitrogens is 3. The van der Waals surface area contributed by atoms with Gasteiger partial charge in [0.15, 0.2) is 11.6 Å². The second-order valence-corrected chi connectivity index (χ2v) is 10.9. The Morgan fingerprint density at radius 2 is 1.16 bits per heavy atom. The van der Waals surface area contributed by atoms with Gasteiger partial charge in [-0.15, -0.1) is 0 Å². The maximum Gasteiger partial charge on any atom is 0.417 e. The Morgan fingerprint density at radius 3 is 1.53 bits per heavy atom. The molecule has 3 aromatic heterocycles. The van der Waals surface area contributed by atoms with E-state index in [1.165, 1.54) is 11.6 Å². The second-order valence-electron chi connectivity index (χ2n) is 10.9. The standard InChI is InChI=1S/C9H10F3N.C9H9F3.2C8H11N/c1-6(2)8-4-3-7(5-13-8)9(10,11)12;1-5(2)6-3-8(11)9(12)4-7(6)10;1-7(2)8-4-3-5-9-6-8;1-7(2)8-5-3-4-6-9-8/h3-6H,1-2H3;3-5H,1-2H3;2*3-7H,1-2H3. The molecule has 0 N–H and O–H groups in total. The smallest absolute Gasteiger partial charge is 0.264 e. The lowest BCUT2D eigenvalue weighted by Crippen LogP contribution is -2.06.